The number of phenolic OH excluding ortho intramolecular Hbond substituents is 2. The third-order valence-corrected chi connectivity index (χ3v) is 4.09. The predicted molar refractivity (Wildman–Crippen MR) is 88.1 cm³/mol. The Morgan fingerprint density at radius 3 is 1.42 bits per heavy atom. The SMILES string of the molecule is N=CCc1ccc(CC=N)c2c1C(=O)c1c(O)ccc(O)c1C2=O. The second-order valence-corrected chi connectivity index (χ2v) is 5.46. The molecule has 24 heavy (non-hydrogen) atoms. The van der Waals surface area contributed by atoms with E-state index in [0.29, 0.717) is 11.1 Å². The van der Waals surface area contributed by atoms with Crippen molar-refractivity contribution in [1.82, 2.24) is 0 Å². The smallest absolute Gasteiger partial charge is 0.198 e. The summed E-state index contributed by atoms with van der Waals surface area (Å²) in [6.07, 6.45) is 2.59. The number of hydrogen-bond acceptors (Lipinski definition) is 6. The van der Waals surface area contributed by atoms with E-state index in [1.165, 1.54) is 12.1 Å². The molecule has 1 aliphatic carbocycles. The van der Waals surface area contributed by atoms with E-state index in [-0.39, 0.29) is 46.6 Å². The van der Waals surface area contributed by atoms with Gasteiger partial charge in [-0.05, 0) is 35.7 Å². The number of fused-ring (bicyclic) bond motifs is 2. The highest BCUT2D eigenvalue weighted by molar-refractivity contribution is 6.31. The molecule has 120 valence electrons. The number of nitrogens with one attached hydrogen (secondary N) is 2. The van der Waals surface area contributed by atoms with Crippen LogP contribution >= 0.6 is 0 Å². The fourth-order valence-corrected chi connectivity index (χ4v) is 3.06. The molecule has 0 aromatic heterocycles. The summed E-state index contributed by atoms with van der Waals surface area (Å²) in [6, 6.07) is 5.64. The van der Waals surface area contributed by atoms with Crippen molar-refractivity contribution < 1.29 is 19.8 Å². The molecule has 2 aromatic rings. The fourth-order valence-electron chi connectivity index (χ4n) is 3.06. The van der Waals surface area contributed by atoms with Gasteiger partial charge in [0.1, 0.15) is 11.5 Å². The van der Waals surface area contributed by atoms with Crippen molar-refractivity contribution in [3.63, 3.8) is 0 Å². The van der Waals surface area contributed by atoms with E-state index in [9.17, 15) is 19.8 Å². The van der Waals surface area contributed by atoms with E-state index in [4.69, 9.17) is 10.8 Å². The Kier molecular flexibility index (Phi) is 3.73. The summed E-state index contributed by atoms with van der Waals surface area (Å²) in [5, 5.41) is 34.6. The number of aromatic hydroxyl groups is 2. The summed E-state index contributed by atoms with van der Waals surface area (Å²) in [7, 11) is 0. The molecule has 0 atom stereocenters. The molecule has 0 saturated heterocycles. The molecule has 6 heteroatoms. The van der Waals surface area contributed by atoms with Crippen molar-refractivity contribution >= 4 is 24.0 Å². The maximum absolute atomic E-state index is 12.9. The van der Waals surface area contributed by atoms with Crippen LogP contribution in [-0.2, 0) is 12.8 Å². The van der Waals surface area contributed by atoms with Crippen LogP contribution in [0.4, 0.5) is 0 Å². The second-order valence-electron chi connectivity index (χ2n) is 5.46. The third kappa shape index (κ3) is 2.11. The van der Waals surface area contributed by atoms with Crippen LogP contribution in [0, 0.1) is 10.8 Å². The Hall–Kier alpha value is -3.28. The number of ketones is 2. The minimum atomic E-state index is -0.559. The largest absolute Gasteiger partial charge is 0.507 e. The average Bonchev–Trinajstić information content (AvgIpc) is 2.56. The minimum absolute atomic E-state index is 0.135. The van der Waals surface area contributed by atoms with Crippen LogP contribution in [0.5, 0.6) is 11.5 Å². The Morgan fingerprint density at radius 2 is 1.08 bits per heavy atom. The number of phenols is 2. The van der Waals surface area contributed by atoms with Crippen LogP contribution in [0.15, 0.2) is 24.3 Å². The van der Waals surface area contributed by atoms with Crippen molar-refractivity contribution in [2.24, 2.45) is 0 Å². The van der Waals surface area contributed by atoms with Gasteiger partial charge in [-0.2, -0.15) is 0 Å². The Morgan fingerprint density at radius 1 is 0.708 bits per heavy atom. The van der Waals surface area contributed by atoms with Crippen molar-refractivity contribution in [2.75, 3.05) is 0 Å². The molecular weight excluding hydrogens is 308 g/mol. The minimum Gasteiger partial charge on any atom is -0.507 e. The normalized spacial score (nSPS) is 12.5. The molecule has 4 N–H and O–H groups in total. The lowest BCUT2D eigenvalue weighted by Gasteiger charge is -2.23. The molecule has 0 aliphatic heterocycles. The molecule has 0 amide bonds. The lowest BCUT2D eigenvalue weighted by Crippen LogP contribution is -2.25. The molecule has 0 unspecified atom stereocenters. The fraction of sp³-hybridized carbons (Fsp3) is 0.111. The molecular formula is C18H14N2O4. The Balaban J connectivity index is 2.40. The molecule has 6 nitrogen and oxygen atoms in total. The van der Waals surface area contributed by atoms with Crippen LogP contribution in [0.1, 0.15) is 43.0 Å². The van der Waals surface area contributed by atoms with Gasteiger partial charge in [-0.3, -0.25) is 9.59 Å². The van der Waals surface area contributed by atoms with E-state index >= 15 is 0 Å². The van der Waals surface area contributed by atoms with Gasteiger partial charge in [0.15, 0.2) is 11.6 Å². The predicted octanol–water partition coefficient (Wildman–Crippen LogP) is 2.26. The van der Waals surface area contributed by atoms with E-state index in [1.807, 2.05) is 0 Å². The van der Waals surface area contributed by atoms with Gasteiger partial charge in [0.2, 0.25) is 0 Å². The topological polar surface area (TPSA) is 122 Å². The Bertz CT molecular complexity index is 842. The quantitative estimate of drug-likeness (QED) is 0.434. The molecule has 2 aromatic carbocycles. The first kappa shape index (κ1) is 15.6. The van der Waals surface area contributed by atoms with E-state index < -0.39 is 11.6 Å². The van der Waals surface area contributed by atoms with Crippen molar-refractivity contribution in [3.05, 3.63) is 57.6 Å². The monoisotopic (exact) mass is 322 g/mol. The molecule has 0 heterocycles. The zero-order valence-electron chi connectivity index (χ0n) is 12.6. The summed E-state index contributed by atoms with van der Waals surface area (Å²) in [6.45, 7) is 0. The maximum Gasteiger partial charge on any atom is 0.198 e. The van der Waals surface area contributed by atoms with Crippen molar-refractivity contribution in [1.29, 1.82) is 10.8 Å². The summed E-state index contributed by atoms with van der Waals surface area (Å²) in [5.41, 5.74) is 0.838. The Labute approximate surface area is 137 Å². The van der Waals surface area contributed by atoms with Crippen LogP contribution in [0.3, 0.4) is 0 Å². The van der Waals surface area contributed by atoms with Crippen LogP contribution in [0.2, 0.25) is 0 Å². The van der Waals surface area contributed by atoms with E-state index in [0.717, 1.165) is 12.4 Å². The van der Waals surface area contributed by atoms with Crippen molar-refractivity contribution in [2.45, 2.75) is 12.8 Å². The molecule has 0 bridgehead atoms. The lowest BCUT2D eigenvalue weighted by atomic mass is 9.78. The third-order valence-electron chi connectivity index (χ3n) is 4.09. The van der Waals surface area contributed by atoms with Crippen LogP contribution in [0.25, 0.3) is 0 Å². The van der Waals surface area contributed by atoms with Crippen LogP contribution in [-0.4, -0.2) is 34.2 Å². The number of carbonyl (C=O) groups excluding carboxylic acids is 2. The maximum atomic E-state index is 12.9. The lowest BCUT2D eigenvalue weighted by molar-refractivity contribution is 0.0973. The second kappa shape index (κ2) is 5.73. The number of benzene rings is 2. The van der Waals surface area contributed by atoms with E-state index in [1.54, 1.807) is 12.1 Å². The average molecular weight is 322 g/mol. The van der Waals surface area contributed by atoms with Crippen LogP contribution < -0.4 is 0 Å². The van der Waals surface area contributed by atoms with Gasteiger partial charge in [0.25, 0.3) is 0 Å². The molecule has 1 aliphatic rings. The zero-order valence-corrected chi connectivity index (χ0v) is 12.6. The number of carbonyl (C=O) groups is 2. The highest BCUT2D eigenvalue weighted by Crippen LogP contribution is 2.39. The molecule has 0 fully saturated rings. The zero-order chi connectivity index (χ0) is 17.4. The molecule has 0 saturated carbocycles. The summed E-state index contributed by atoms with van der Waals surface area (Å²) < 4.78 is 0. The van der Waals surface area contributed by atoms with E-state index in [2.05, 4.69) is 0 Å². The molecule has 0 radical (unpaired) electrons. The highest BCUT2D eigenvalue weighted by Gasteiger charge is 2.37. The summed E-state index contributed by atoms with van der Waals surface area (Å²) in [5.74, 6) is -1.86. The standard InChI is InChI=1S/C18H14N2O4/c19-7-5-9-1-2-10(6-8-20)14-13(9)17(23)15-11(21)3-4-12(22)16(15)18(14)24/h1-4,7-8,19-22H,5-6H2. The van der Waals surface area contributed by atoms with Gasteiger partial charge < -0.3 is 21.0 Å². The first-order chi connectivity index (χ1) is 11.5. The summed E-state index contributed by atoms with van der Waals surface area (Å²) in [4.78, 5) is 25.8. The van der Waals surface area contributed by atoms with Gasteiger partial charge in [-0.1, -0.05) is 12.1 Å². The van der Waals surface area contributed by atoms with Gasteiger partial charge in [0.05, 0.1) is 11.1 Å². The first-order valence-corrected chi connectivity index (χ1v) is 7.28. The van der Waals surface area contributed by atoms with Crippen molar-refractivity contribution in [3.8, 4) is 11.5 Å². The molecule has 3 rings (SSSR count). The van der Waals surface area contributed by atoms with Gasteiger partial charge >= 0.3 is 0 Å². The van der Waals surface area contributed by atoms with Gasteiger partial charge in [-0.25, -0.2) is 0 Å². The highest BCUT2D eigenvalue weighted by atomic mass is 16.3. The number of hydrogen-bond donors (Lipinski definition) is 4. The van der Waals surface area contributed by atoms with Gasteiger partial charge in [0, 0.05) is 24.0 Å². The summed E-state index contributed by atoms with van der Waals surface area (Å²) >= 11 is 0. The van der Waals surface area contributed by atoms with Gasteiger partial charge in [-0.15, -0.1) is 0 Å². The first-order valence-electron chi connectivity index (χ1n) is 7.28. The molecule has 0 spiro atoms. The number of rotatable bonds is 4.